The van der Waals surface area contributed by atoms with Crippen molar-refractivity contribution in [3.63, 3.8) is 0 Å². The van der Waals surface area contributed by atoms with Gasteiger partial charge in [-0.3, -0.25) is 0 Å². The molecule has 0 aliphatic carbocycles. The van der Waals surface area contributed by atoms with E-state index in [9.17, 15) is 0 Å². The molecule has 4 heteroatoms. The third-order valence-electron chi connectivity index (χ3n) is 3.59. The van der Waals surface area contributed by atoms with Crippen molar-refractivity contribution < 1.29 is 0 Å². The van der Waals surface area contributed by atoms with E-state index in [4.69, 9.17) is 11.5 Å². The third-order valence-corrected chi connectivity index (χ3v) is 3.59. The monoisotopic (exact) mass is 228 g/mol. The molecule has 1 rings (SSSR count). The van der Waals surface area contributed by atoms with Gasteiger partial charge in [0.2, 0.25) is 0 Å². The zero-order chi connectivity index (χ0) is 11.8. The van der Waals surface area contributed by atoms with Gasteiger partial charge < -0.3 is 21.3 Å². The van der Waals surface area contributed by atoms with Crippen molar-refractivity contribution in [3.8, 4) is 0 Å². The van der Waals surface area contributed by atoms with Crippen LogP contribution in [0.1, 0.15) is 25.7 Å². The molecule has 4 N–H and O–H groups in total. The maximum Gasteiger partial charge on any atom is 0.0105 e. The molecule has 1 fully saturated rings. The number of nitrogens with zero attached hydrogens (tertiary/aromatic N) is 2. The van der Waals surface area contributed by atoms with Gasteiger partial charge in [-0.05, 0) is 39.4 Å². The fourth-order valence-electron chi connectivity index (χ4n) is 2.54. The molecule has 0 radical (unpaired) electrons. The summed E-state index contributed by atoms with van der Waals surface area (Å²) in [7, 11) is 2.25. The summed E-state index contributed by atoms with van der Waals surface area (Å²) in [5, 5.41) is 0. The molecule has 1 unspecified atom stereocenters. The number of rotatable bonds is 7. The molecule has 16 heavy (non-hydrogen) atoms. The van der Waals surface area contributed by atoms with Crippen molar-refractivity contribution in [1.82, 2.24) is 9.80 Å². The van der Waals surface area contributed by atoms with Crippen molar-refractivity contribution in [1.29, 1.82) is 0 Å². The van der Waals surface area contributed by atoms with Crippen LogP contribution in [0.15, 0.2) is 0 Å². The molecule has 0 aromatic carbocycles. The lowest BCUT2D eigenvalue weighted by Gasteiger charge is -2.34. The first-order chi connectivity index (χ1) is 7.77. The predicted molar refractivity (Wildman–Crippen MR) is 69.4 cm³/mol. The van der Waals surface area contributed by atoms with E-state index in [0.717, 1.165) is 38.8 Å². The summed E-state index contributed by atoms with van der Waals surface area (Å²) in [5.74, 6) is 0. The van der Waals surface area contributed by atoms with Crippen LogP contribution in [0.3, 0.4) is 0 Å². The fraction of sp³-hybridized carbons (Fsp3) is 1.00. The van der Waals surface area contributed by atoms with E-state index in [1.807, 2.05) is 0 Å². The molecule has 0 spiro atoms. The number of piperidine rings is 1. The summed E-state index contributed by atoms with van der Waals surface area (Å²) in [5.41, 5.74) is 11.2. The highest BCUT2D eigenvalue weighted by Crippen LogP contribution is 2.17. The Balaban J connectivity index is 2.23. The second-order valence-corrected chi connectivity index (χ2v) is 4.84. The summed E-state index contributed by atoms with van der Waals surface area (Å²) in [6.45, 7) is 5.84. The Morgan fingerprint density at radius 2 is 1.81 bits per heavy atom. The molecule has 0 amide bonds. The average molecular weight is 228 g/mol. The van der Waals surface area contributed by atoms with Gasteiger partial charge in [0, 0.05) is 32.2 Å². The van der Waals surface area contributed by atoms with Crippen LogP contribution in [0, 0.1) is 0 Å². The summed E-state index contributed by atoms with van der Waals surface area (Å²) < 4.78 is 0. The fourth-order valence-corrected chi connectivity index (χ4v) is 2.54. The first kappa shape index (κ1) is 13.9. The lowest BCUT2D eigenvalue weighted by atomic mass is 10.00. The van der Waals surface area contributed by atoms with Crippen LogP contribution in [0.25, 0.3) is 0 Å². The molecule has 0 aromatic heterocycles. The number of likely N-dealkylation sites (tertiary alicyclic amines) is 1. The van der Waals surface area contributed by atoms with E-state index in [-0.39, 0.29) is 0 Å². The summed E-state index contributed by atoms with van der Waals surface area (Å²) in [6, 6.07) is 0.770. The lowest BCUT2D eigenvalue weighted by Crippen LogP contribution is -2.41. The Morgan fingerprint density at radius 3 is 2.38 bits per heavy atom. The van der Waals surface area contributed by atoms with Crippen molar-refractivity contribution in [2.45, 2.75) is 31.7 Å². The zero-order valence-corrected chi connectivity index (χ0v) is 10.7. The summed E-state index contributed by atoms with van der Waals surface area (Å²) in [4.78, 5) is 4.90. The van der Waals surface area contributed by atoms with Gasteiger partial charge in [0.05, 0.1) is 0 Å². The minimum Gasteiger partial charge on any atom is -0.329 e. The van der Waals surface area contributed by atoms with Crippen molar-refractivity contribution in [2.75, 3.05) is 46.3 Å². The molecule has 0 bridgehead atoms. The topological polar surface area (TPSA) is 58.5 Å². The van der Waals surface area contributed by atoms with Crippen LogP contribution in [0.5, 0.6) is 0 Å². The number of hydrogen-bond acceptors (Lipinski definition) is 4. The Hall–Kier alpha value is -0.160. The van der Waals surface area contributed by atoms with Gasteiger partial charge in [-0.1, -0.05) is 6.42 Å². The van der Waals surface area contributed by atoms with Gasteiger partial charge in [0.1, 0.15) is 0 Å². The van der Waals surface area contributed by atoms with Gasteiger partial charge in [-0.25, -0.2) is 0 Å². The van der Waals surface area contributed by atoms with Crippen LogP contribution in [0.2, 0.25) is 0 Å². The third kappa shape index (κ3) is 4.78. The van der Waals surface area contributed by atoms with E-state index in [1.54, 1.807) is 0 Å². The highest BCUT2D eigenvalue weighted by Gasteiger charge is 2.19. The first-order valence-electron chi connectivity index (χ1n) is 6.60. The maximum atomic E-state index is 5.60. The van der Waals surface area contributed by atoms with Gasteiger partial charge in [-0.2, -0.15) is 0 Å². The van der Waals surface area contributed by atoms with E-state index in [1.165, 1.54) is 32.2 Å². The molecule has 1 saturated heterocycles. The summed E-state index contributed by atoms with van der Waals surface area (Å²) >= 11 is 0. The van der Waals surface area contributed by atoms with Gasteiger partial charge in [0.25, 0.3) is 0 Å². The van der Waals surface area contributed by atoms with E-state index in [2.05, 4.69) is 16.8 Å². The van der Waals surface area contributed by atoms with Crippen LogP contribution in [0.4, 0.5) is 0 Å². The Labute approximate surface area is 99.9 Å². The van der Waals surface area contributed by atoms with Gasteiger partial charge in [0.15, 0.2) is 0 Å². The average Bonchev–Trinajstić information content (AvgIpc) is 2.28. The lowest BCUT2D eigenvalue weighted by molar-refractivity contribution is 0.155. The Bertz CT molecular complexity index is 168. The zero-order valence-electron chi connectivity index (χ0n) is 10.7. The SMILES string of the molecule is CN1CCCCC1CCN(CCN)CCN. The molecular formula is C12H28N4. The Kier molecular flexibility index (Phi) is 6.96. The minimum absolute atomic E-state index is 0.737. The van der Waals surface area contributed by atoms with Crippen molar-refractivity contribution >= 4 is 0 Å². The standard InChI is InChI=1S/C12H28N4/c1-15-8-3-2-4-12(15)5-9-16(10-6-13)11-7-14/h12H,2-11,13-14H2,1H3. The van der Waals surface area contributed by atoms with Crippen LogP contribution >= 0.6 is 0 Å². The molecule has 1 heterocycles. The molecular weight excluding hydrogens is 200 g/mol. The largest absolute Gasteiger partial charge is 0.329 e. The number of nitrogens with two attached hydrogens (primary N) is 2. The van der Waals surface area contributed by atoms with E-state index >= 15 is 0 Å². The highest BCUT2D eigenvalue weighted by atomic mass is 15.2. The summed E-state index contributed by atoms with van der Waals surface area (Å²) in [6.07, 6.45) is 5.37. The maximum absolute atomic E-state index is 5.60. The normalized spacial score (nSPS) is 22.9. The molecule has 1 aliphatic rings. The van der Waals surface area contributed by atoms with Gasteiger partial charge >= 0.3 is 0 Å². The Morgan fingerprint density at radius 1 is 1.12 bits per heavy atom. The second kappa shape index (κ2) is 8.01. The molecule has 4 nitrogen and oxygen atoms in total. The van der Waals surface area contributed by atoms with Crippen molar-refractivity contribution in [3.05, 3.63) is 0 Å². The smallest absolute Gasteiger partial charge is 0.0105 e. The predicted octanol–water partition coefficient (Wildman–Crippen LogP) is 0.0802. The van der Waals surface area contributed by atoms with Crippen molar-refractivity contribution in [2.24, 2.45) is 11.5 Å². The molecule has 96 valence electrons. The number of hydrogen-bond donors (Lipinski definition) is 2. The van der Waals surface area contributed by atoms with Gasteiger partial charge in [-0.15, -0.1) is 0 Å². The second-order valence-electron chi connectivity index (χ2n) is 4.84. The minimum atomic E-state index is 0.737. The molecule has 1 atom stereocenters. The first-order valence-corrected chi connectivity index (χ1v) is 6.60. The van der Waals surface area contributed by atoms with Crippen LogP contribution in [-0.2, 0) is 0 Å². The highest BCUT2D eigenvalue weighted by molar-refractivity contribution is 4.75. The van der Waals surface area contributed by atoms with Crippen LogP contribution in [-0.4, -0.2) is 62.2 Å². The molecule has 0 aromatic rings. The van der Waals surface area contributed by atoms with E-state index < -0.39 is 0 Å². The van der Waals surface area contributed by atoms with Crippen LogP contribution < -0.4 is 11.5 Å². The molecule has 1 aliphatic heterocycles. The molecule has 0 saturated carbocycles. The quantitative estimate of drug-likeness (QED) is 0.648. The van der Waals surface area contributed by atoms with E-state index in [0.29, 0.717) is 0 Å².